The van der Waals surface area contributed by atoms with Crippen LogP contribution in [0.3, 0.4) is 0 Å². The molecule has 1 aromatic heterocycles. The Hall–Kier alpha value is -2.85. The lowest BCUT2D eigenvalue weighted by Gasteiger charge is -2.23. The standard InChI is InChI=1S/C18H24N4O5S/c1-12(23)20-13-7-8-15(21-28(4,25)26)14(10-13)18(24)19-11-16(22(2)3)17-6-5-9-27-17/h5-10,16,21H,11H2,1-4H3,(H,19,24)(H,20,23). The van der Waals surface area contributed by atoms with Crippen molar-refractivity contribution in [3.63, 3.8) is 0 Å². The van der Waals surface area contributed by atoms with Gasteiger partial charge in [-0.05, 0) is 44.4 Å². The van der Waals surface area contributed by atoms with Gasteiger partial charge in [-0.3, -0.25) is 19.2 Å². The van der Waals surface area contributed by atoms with E-state index in [0.29, 0.717) is 11.4 Å². The number of anilines is 2. The third kappa shape index (κ3) is 6.10. The molecule has 1 heterocycles. The molecular weight excluding hydrogens is 384 g/mol. The lowest BCUT2D eigenvalue weighted by molar-refractivity contribution is -0.114. The van der Waals surface area contributed by atoms with Crippen molar-refractivity contribution in [3.05, 3.63) is 47.9 Å². The molecule has 2 amide bonds. The Labute approximate surface area is 164 Å². The highest BCUT2D eigenvalue weighted by molar-refractivity contribution is 7.92. The van der Waals surface area contributed by atoms with Crippen LogP contribution in [-0.4, -0.2) is 52.0 Å². The Morgan fingerprint density at radius 3 is 2.46 bits per heavy atom. The Kier molecular flexibility index (Phi) is 6.81. The van der Waals surface area contributed by atoms with Crippen molar-refractivity contribution in [2.24, 2.45) is 0 Å². The van der Waals surface area contributed by atoms with Crippen LogP contribution in [0.25, 0.3) is 0 Å². The van der Waals surface area contributed by atoms with E-state index in [0.717, 1.165) is 6.26 Å². The second-order valence-corrected chi connectivity index (χ2v) is 8.27. The first-order valence-corrected chi connectivity index (χ1v) is 10.3. The van der Waals surface area contributed by atoms with E-state index in [1.807, 2.05) is 25.1 Å². The SMILES string of the molecule is CC(=O)Nc1ccc(NS(C)(=O)=O)c(C(=O)NCC(c2ccco2)N(C)C)c1. The zero-order valence-corrected chi connectivity index (χ0v) is 17.0. The summed E-state index contributed by atoms with van der Waals surface area (Å²) in [5, 5.41) is 5.36. The lowest BCUT2D eigenvalue weighted by atomic mass is 10.1. The highest BCUT2D eigenvalue weighted by atomic mass is 32.2. The molecule has 0 spiro atoms. The van der Waals surface area contributed by atoms with Crippen LogP contribution in [-0.2, 0) is 14.8 Å². The Morgan fingerprint density at radius 2 is 1.93 bits per heavy atom. The van der Waals surface area contributed by atoms with Crippen molar-refractivity contribution in [1.29, 1.82) is 0 Å². The molecule has 2 rings (SSSR count). The van der Waals surface area contributed by atoms with Crippen molar-refractivity contribution >= 4 is 33.2 Å². The van der Waals surface area contributed by atoms with Gasteiger partial charge in [-0.2, -0.15) is 0 Å². The first-order valence-electron chi connectivity index (χ1n) is 8.44. The molecule has 0 aliphatic rings. The van der Waals surface area contributed by atoms with Gasteiger partial charge in [-0.1, -0.05) is 0 Å². The fraction of sp³-hybridized carbons (Fsp3) is 0.333. The normalized spacial score (nSPS) is 12.5. The molecule has 0 aliphatic heterocycles. The number of hydrogen-bond donors (Lipinski definition) is 3. The number of sulfonamides is 1. The first-order chi connectivity index (χ1) is 13.1. The second kappa shape index (κ2) is 8.89. The summed E-state index contributed by atoms with van der Waals surface area (Å²) in [4.78, 5) is 26.0. The molecule has 0 bridgehead atoms. The van der Waals surface area contributed by atoms with E-state index in [-0.39, 0.29) is 29.7 Å². The van der Waals surface area contributed by atoms with Gasteiger partial charge >= 0.3 is 0 Å². The molecule has 9 nitrogen and oxygen atoms in total. The van der Waals surface area contributed by atoms with Crippen molar-refractivity contribution in [1.82, 2.24) is 10.2 Å². The van der Waals surface area contributed by atoms with Gasteiger partial charge < -0.3 is 15.1 Å². The molecule has 10 heteroatoms. The highest BCUT2D eigenvalue weighted by Gasteiger charge is 2.20. The lowest BCUT2D eigenvalue weighted by Crippen LogP contribution is -2.34. The van der Waals surface area contributed by atoms with E-state index < -0.39 is 15.9 Å². The van der Waals surface area contributed by atoms with Gasteiger partial charge in [-0.15, -0.1) is 0 Å². The van der Waals surface area contributed by atoms with Gasteiger partial charge in [-0.25, -0.2) is 8.42 Å². The predicted molar refractivity (Wildman–Crippen MR) is 107 cm³/mol. The maximum Gasteiger partial charge on any atom is 0.253 e. The molecule has 1 unspecified atom stereocenters. The summed E-state index contributed by atoms with van der Waals surface area (Å²) in [6, 6.07) is 7.73. The quantitative estimate of drug-likeness (QED) is 0.611. The maximum absolute atomic E-state index is 12.8. The van der Waals surface area contributed by atoms with Crippen LogP contribution < -0.4 is 15.4 Å². The molecule has 1 atom stereocenters. The molecular formula is C18H24N4O5S. The van der Waals surface area contributed by atoms with E-state index in [2.05, 4.69) is 15.4 Å². The molecule has 152 valence electrons. The molecule has 0 radical (unpaired) electrons. The maximum atomic E-state index is 12.8. The largest absolute Gasteiger partial charge is 0.468 e. The number of carbonyl (C=O) groups excluding carboxylic acids is 2. The third-order valence-corrected chi connectivity index (χ3v) is 4.42. The number of amides is 2. The molecule has 0 saturated heterocycles. The van der Waals surface area contributed by atoms with Gasteiger partial charge in [0.15, 0.2) is 0 Å². The van der Waals surface area contributed by atoms with Crippen LogP contribution in [0.2, 0.25) is 0 Å². The zero-order chi connectivity index (χ0) is 20.9. The van der Waals surface area contributed by atoms with E-state index in [1.165, 1.54) is 25.1 Å². The van der Waals surface area contributed by atoms with E-state index in [1.54, 1.807) is 12.3 Å². The minimum Gasteiger partial charge on any atom is -0.468 e. The smallest absolute Gasteiger partial charge is 0.253 e. The number of furan rings is 1. The Morgan fingerprint density at radius 1 is 1.21 bits per heavy atom. The fourth-order valence-electron chi connectivity index (χ4n) is 2.60. The summed E-state index contributed by atoms with van der Waals surface area (Å²) in [5.41, 5.74) is 0.592. The Bertz CT molecular complexity index is 939. The molecule has 0 aliphatic carbocycles. The summed E-state index contributed by atoms with van der Waals surface area (Å²) < 4.78 is 31.0. The van der Waals surface area contributed by atoms with E-state index in [9.17, 15) is 18.0 Å². The topological polar surface area (TPSA) is 121 Å². The number of benzene rings is 1. The van der Waals surface area contributed by atoms with Gasteiger partial charge in [0.2, 0.25) is 15.9 Å². The van der Waals surface area contributed by atoms with Crippen molar-refractivity contribution < 1.29 is 22.4 Å². The number of likely N-dealkylation sites (N-methyl/N-ethyl adjacent to an activating group) is 1. The number of nitrogens with one attached hydrogen (secondary N) is 3. The predicted octanol–water partition coefficient (Wildman–Crippen LogP) is 1.64. The summed E-state index contributed by atoms with van der Waals surface area (Å²) >= 11 is 0. The van der Waals surface area contributed by atoms with Crippen LogP contribution in [0, 0.1) is 0 Å². The summed E-state index contributed by atoms with van der Waals surface area (Å²) in [7, 11) is 0.119. The monoisotopic (exact) mass is 408 g/mol. The Balaban J connectivity index is 2.26. The summed E-state index contributed by atoms with van der Waals surface area (Å²) in [6.45, 7) is 1.58. The minimum atomic E-state index is -3.59. The van der Waals surface area contributed by atoms with E-state index in [4.69, 9.17) is 4.42 Å². The number of nitrogens with zero attached hydrogens (tertiary/aromatic N) is 1. The molecule has 28 heavy (non-hydrogen) atoms. The second-order valence-electron chi connectivity index (χ2n) is 6.52. The van der Waals surface area contributed by atoms with Crippen LogP contribution >= 0.6 is 0 Å². The number of hydrogen-bond acceptors (Lipinski definition) is 6. The molecule has 0 saturated carbocycles. The van der Waals surface area contributed by atoms with Gasteiger partial charge in [0.1, 0.15) is 5.76 Å². The third-order valence-electron chi connectivity index (χ3n) is 3.83. The van der Waals surface area contributed by atoms with Gasteiger partial charge in [0.05, 0.1) is 29.8 Å². The molecule has 1 aromatic carbocycles. The van der Waals surface area contributed by atoms with Crippen molar-refractivity contribution in [2.75, 3.05) is 36.9 Å². The van der Waals surface area contributed by atoms with Crippen LogP contribution in [0.4, 0.5) is 11.4 Å². The van der Waals surface area contributed by atoms with Crippen molar-refractivity contribution in [2.45, 2.75) is 13.0 Å². The zero-order valence-electron chi connectivity index (χ0n) is 16.1. The van der Waals surface area contributed by atoms with Gasteiger partial charge in [0.25, 0.3) is 5.91 Å². The average molecular weight is 408 g/mol. The van der Waals surface area contributed by atoms with Gasteiger partial charge in [0, 0.05) is 19.2 Å². The molecule has 3 N–H and O–H groups in total. The molecule has 2 aromatic rings. The number of carbonyl (C=O) groups is 2. The van der Waals surface area contributed by atoms with Crippen LogP contribution in [0.5, 0.6) is 0 Å². The van der Waals surface area contributed by atoms with Crippen LogP contribution in [0.15, 0.2) is 41.0 Å². The number of rotatable bonds is 8. The first kappa shape index (κ1) is 21.5. The minimum absolute atomic E-state index is 0.0913. The summed E-state index contributed by atoms with van der Waals surface area (Å²) in [5.74, 6) is -0.107. The summed E-state index contributed by atoms with van der Waals surface area (Å²) in [6.07, 6.45) is 2.55. The highest BCUT2D eigenvalue weighted by Crippen LogP contribution is 2.23. The molecule has 0 fully saturated rings. The average Bonchev–Trinajstić information content (AvgIpc) is 3.08. The van der Waals surface area contributed by atoms with Crippen molar-refractivity contribution in [3.8, 4) is 0 Å². The van der Waals surface area contributed by atoms with E-state index >= 15 is 0 Å². The van der Waals surface area contributed by atoms with Crippen LogP contribution in [0.1, 0.15) is 29.1 Å². The fourth-order valence-corrected chi connectivity index (χ4v) is 3.18.